The van der Waals surface area contributed by atoms with E-state index in [1.54, 1.807) is 14.0 Å². The normalized spacial score (nSPS) is 12.2. The van der Waals surface area contributed by atoms with E-state index in [9.17, 15) is 4.79 Å². The maximum atomic E-state index is 11.1. The number of nitrogens with one attached hydrogen (secondary N) is 1. The molecule has 5 nitrogen and oxygen atoms in total. The molecule has 1 aromatic rings. The maximum absolute atomic E-state index is 11.1. The van der Waals surface area contributed by atoms with Crippen LogP contribution in [0.4, 0.5) is 0 Å². The molecule has 0 spiro atoms. The fourth-order valence-corrected chi connectivity index (χ4v) is 2.19. The van der Waals surface area contributed by atoms with Crippen molar-refractivity contribution >= 4 is 5.97 Å². The number of benzene rings is 1. The molecule has 0 aliphatic heterocycles. The SMILES string of the molecule is CCC(Oc1c(C)cc(CNCCOC)cc1C)C(=O)O. The minimum Gasteiger partial charge on any atom is -0.479 e. The zero-order valence-electron chi connectivity index (χ0n) is 13.2. The number of ether oxygens (including phenoxy) is 2. The minimum absolute atomic E-state index is 0.439. The topological polar surface area (TPSA) is 67.8 Å². The zero-order valence-corrected chi connectivity index (χ0v) is 13.2. The summed E-state index contributed by atoms with van der Waals surface area (Å²) >= 11 is 0. The summed E-state index contributed by atoms with van der Waals surface area (Å²) in [6.45, 7) is 7.91. The van der Waals surface area contributed by atoms with Gasteiger partial charge < -0.3 is 19.9 Å². The Kier molecular flexibility index (Phi) is 7.19. The molecule has 1 rings (SSSR count). The van der Waals surface area contributed by atoms with Gasteiger partial charge in [0.05, 0.1) is 6.61 Å². The number of aliphatic carboxylic acids is 1. The van der Waals surface area contributed by atoms with E-state index >= 15 is 0 Å². The highest BCUT2D eigenvalue weighted by Gasteiger charge is 2.19. The molecule has 21 heavy (non-hydrogen) atoms. The van der Waals surface area contributed by atoms with E-state index in [0.29, 0.717) is 18.8 Å². The molecule has 0 heterocycles. The molecule has 0 aromatic heterocycles. The molecule has 0 amide bonds. The van der Waals surface area contributed by atoms with Crippen LogP contribution < -0.4 is 10.1 Å². The summed E-state index contributed by atoms with van der Waals surface area (Å²) in [7, 11) is 1.68. The van der Waals surface area contributed by atoms with Crippen LogP contribution >= 0.6 is 0 Å². The van der Waals surface area contributed by atoms with Crippen LogP contribution in [0.5, 0.6) is 5.75 Å². The standard InChI is InChI=1S/C16H25NO4/c1-5-14(16(18)19)21-15-11(2)8-13(9-12(15)3)10-17-6-7-20-4/h8-9,14,17H,5-7,10H2,1-4H3,(H,18,19). The Hall–Kier alpha value is -1.59. The van der Waals surface area contributed by atoms with E-state index in [-0.39, 0.29) is 0 Å². The molecule has 0 fully saturated rings. The molecule has 1 aromatic carbocycles. The van der Waals surface area contributed by atoms with Crippen LogP contribution in [0.3, 0.4) is 0 Å². The summed E-state index contributed by atoms with van der Waals surface area (Å²) in [5.41, 5.74) is 3.06. The number of carbonyl (C=O) groups is 1. The van der Waals surface area contributed by atoms with Crippen molar-refractivity contribution in [3.8, 4) is 5.75 Å². The average molecular weight is 295 g/mol. The van der Waals surface area contributed by atoms with E-state index < -0.39 is 12.1 Å². The van der Waals surface area contributed by atoms with E-state index in [0.717, 1.165) is 29.8 Å². The van der Waals surface area contributed by atoms with Crippen LogP contribution in [0, 0.1) is 13.8 Å². The van der Waals surface area contributed by atoms with E-state index in [1.165, 1.54) is 0 Å². The van der Waals surface area contributed by atoms with Gasteiger partial charge in [0.15, 0.2) is 6.10 Å². The second-order valence-electron chi connectivity index (χ2n) is 5.08. The lowest BCUT2D eigenvalue weighted by Crippen LogP contribution is -2.26. The van der Waals surface area contributed by atoms with Crippen LogP contribution in [0.1, 0.15) is 30.0 Å². The fourth-order valence-electron chi connectivity index (χ4n) is 2.19. The summed E-state index contributed by atoms with van der Waals surface area (Å²) in [6.07, 6.45) is -0.359. The average Bonchev–Trinajstić information content (AvgIpc) is 2.42. The Bertz CT molecular complexity index is 450. The zero-order chi connectivity index (χ0) is 15.8. The Morgan fingerprint density at radius 2 is 1.95 bits per heavy atom. The lowest BCUT2D eigenvalue weighted by atomic mass is 10.1. The van der Waals surface area contributed by atoms with Gasteiger partial charge in [-0.1, -0.05) is 19.1 Å². The monoisotopic (exact) mass is 295 g/mol. The number of aryl methyl sites for hydroxylation is 2. The van der Waals surface area contributed by atoms with Crippen LogP contribution in [0.15, 0.2) is 12.1 Å². The fraction of sp³-hybridized carbons (Fsp3) is 0.562. The van der Waals surface area contributed by atoms with Gasteiger partial charge in [-0.2, -0.15) is 0 Å². The molecule has 2 N–H and O–H groups in total. The van der Waals surface area contributed by atoms with Crippen molar-refractivity contribution in [1.29, 1.82) is 0 Å². The number of rotatable bonds is 9. The Morgan fingerprint density at radius 1 is 1.33 bits per heavy atom. The van der Waals surface area contributed by atoms with Crippen molar-refractivity contribution in [2.24, 2.45) is 0 Å². The predicted octanol–water partition coefficient (Wildman–Crippen LogP) is 2.28. The molecule has 0 saturated carbocycles. The van der Waals surface area contributed by atoms with Gasteiger partial charge in [-0.3, -0.25) is 0 Å². The van der Waals surface area contributed by atoms with Crippen molar-refractivity contribution < 1.29 is 19.4 Å². The van der Waals surface area contributed by atoms with Crippen molar-refractivity contribution in [3.63, 3.8) is 0 Å². The Morgan fingerprint density at radius 3 is 2.43 bits per heavy atom. The van der Waals surface area contributed by atoms with Crippen LogP contribution in [-0.2, 0) is 16.1 Å². The number of hydrogen-bond donors (Lipinski definition) is 2. The van der Waals surface area contributed by atoms with Crippen LogP contribution in [-0.4, -0.2) is 37.4 Å². The molecular formula is C16H25NO4. The van der Waals surface area contributed by atoms with Crippen molar-refractivity contribution in [3.05, 3.63) is 28.8 Å². The molecule has 0 aliphatic carbocycles. The number of carboxylic acid groups (broad SMARTS) is 1. The lowest BCUT2D eigenvalue weighted by Gasteiger charge is -2.18. The molecule has 0 saturated heterocycles. The van der Waals surface area contributed by atoms with Gasteiger partial charge in [-0.25, -0.2) is 4.79 Å². The van der Waals surface area contributed by atoms with E-state index in [2.05, 4.69) is 5.32 Å². The molecule has 0 aliphatic rings. The first-order chi connectivity index (χ1) is 9.99. The highest BCUT2D eigenvalue weighted by molar-refractivity contribution is 5.72. The number of hydrogen-bond acceptors (Lipinski definition) is 4. The summed E-state index contributed by atoms with van der Waals surface area (Å²) < 4.78 is 10.6. The molecule has 0 bridgehead atoms. The molecule has 5 heteroatoms. The molecule has 1 unspecified atom stereocenters. The Balaban J connectivity index is 2.77. The quantitative estimate of drug-likeness (QED) is 0.684. The lowest BCUT2D eigenvalue weighted by molar-refractivity contribution is -0.145. The second-order valence-corrected chi connectivity index (χ2v) is 5.08. The molecule has 0 radical (unpaired) electrons. The smallest absolute Gasteiger partial charge is 0.344 e. The first kappa shape index (κ1) is 17.5. The van der Waals surface area contributed by atoms with E-state index in [1.807, 2.05) is 26.0 Å². The van der Waals surface area contributed by atoms with Gasteiger partial charge in [-0.15, -0.1) is 0 Å². The highest BCUT2D eigenvalue weighted by Crippen LogP contribution is 2.26. The third-order valence-corrected chi connectivity index (χ3v) is 3.24. The summed E-state index contributed by atoms with van der Waals surface area (Å²) in [5, 5.41) is 12.4. The van der Waals surface area contributed by atoms with Gasteiger partial charge in [0.25, 0.3) is 0 Å². The molecular weight excluding hydrogens is 270 g/mol. The minimum atomic E-state index is -0.929. The Labute approximate surface area is 126 Å². The third-order valence-electron chi connectivity index (χ3n) is 3.24. The number of carboxylic acids is 1. The predicted molar refractivity (Wildman–Crippen MR) is 81.8 cm³/mol. The summed E-state index contributed by atoms with van der Waals surface area (Å²) in [5.74, 6) is -0.258. The first-order valence-electron chi connectivity index (χ1n) is 7.18. The third kappa shape index (κ3) is 5.36. The van der Waals surface area contributed by atoms with Gasteiger partial charge in [0.2, 0.25) is 0 Å². The highest BCUT2D eigenvalue weighted by atomic mass is 16.5. The second kappa shape index (κ2) is 8.64. The van der Waals surface area contributed by atoms with Gasteiger partial charge in [0.1, 0.15) is 5.75 Å². The molecule has 118 valence electrons. The maximum Gasteiger partial charge on any atom is 0.344 e. The van der Waals surface area contributed by atoms with Crippen molar-refractivity contribution in [1.82, 2.24) is 5.32 Å². The number of methoxy groups -OCH3 is 1. The largest absolute Gasteiger partial charge is 0.479 e. The van der Waals surface area contributed by atoms with Gasteiger partial charge in [-0.05, 0) is 37.0 Å². The first-order valence-corrected chi connectivity index (χ1v) is 7.18. The van der Waals surface area contributed by atoms with Gasteiger partial charge >= 0.3 is 5.97 Å². The van der Waals surface area contributed by atoms with Crippen molar-refractivity contribution in [2.45, 2.75) is 39.8 Å². The summed E-state index contributed by atoms with van der Waals surface area (Å²) in [6, 6.07) is 4.05. The van der Waals surface area contributed by atoms with Crippen LogP contribution in [0.25, 0.3) is 0 Å². The van der Waals surface area contributed by atoms with Crippen molar-refractivity contribution in [2.75, 3.05) is 20.3 Å². The van der Waals surface area contributed by atoms with Crippen LogP contribution in [0.2, 0.25) is 0 Å². The van der Waals surface area contributed by atoms with E-state index in [4.69, 9.17) is 14.6 Å². The van der Waals surface area contributed by atoms with Gasteiger partial charge in [0, 0.05) is 20.2 Å². The summed E-state index contributed by atoms with van der Waals surface area (Å²) in [4.78, 5) is 11.1. The molecule has 1 atom stereocenters.